The van der Waals surface area contributed by atoms with Gasteiger partial charge in [-0.15, -0.1) is 22.0 Å². The number of hydrogen-bond donors (Lipinski definition) is 1. The maximum Gasteiger partial charge on any atom is 0.230 e. The molecule has 1 aromatic carbocycles. The zero-order valence-corrected chi connectivity index (χ0v) is 14.3. The molecule has 1 aromatic heterocycles. The lowest BCUT2D eigenvalue weighted by Gasteiger charge is -2.08. The van der Waals surface area contributed by atoms with Gasteiger partial charge in [-0.2, -0.15) is 0 Å². The fourth-order valence-corrected chi connectivity index (χ4v) is 3.50. The Bertz CT molecular complexity index is 686. The molecular formula is C17H21FN4OS. The van der Waals surface area contributed by atoms with Crippen LogP contribution in [0.4, 0.5) is 4.39 Å². The Labute approximate surface area is 145 Å². The lowest BCUT2D eigenvalue weighted by molar-refractivity contribution is -0.118. The molecule has 2 heterocycles. The van der Waals surface area contributed by atoms with E-state index >= 15 is 0 Å². The molecule has 5 nitrogen and oxygen atoms in total. The second kappa shape index (κ2) is 8.28. The van der Waals surface area contributed by atoms with Crippen molar-refractivity contribution in [1.82, 2.24) is 20.1 Å². The van der Waals surface area contributed by atoms with E-state index in [-0.39, 0.29) is 11.7 Å². The van der Waals surface area contributed by atoms with Gasteiger partial charge in [0.1, 0.15) is 17.5 Å². The zero-order valence-electron chi connectivity index (χ0n) is 13.5. The van der Waals surface area contributed by atoms with Gasteiger partial charge in [-0.25, -0.2) is 4.39 Å². The van der Waals surface area contributed by atoms with Gasteiger partial charge in [0.05, 0.1) is 5.75 Å². The molecule has 0 spiro atoms. The van der Waals surface area contributed by atoms with Crippen LogP contribution >= 0.6 is 11.8 Å². The Hall–Kier alpha value is -1.89. The number of benzene rings is 1. The normalized spacial score (nSPS) is 14.0. The third-order valence-electron chi connectivity index (χ3n) is 4.04. The third-order valence-corrected chi connectivity index (χ3v) is 5.05. The van der Waals surface area contributed by atoms with Crippen molar-refractivity contribution in [2.24, 2.45) is 0 Å². The van der Waals surface area contributed by atoms with Crippen LogP contribution in [0.3, 0.4) is 0 Å². The topological polar surface area (TPSA) is 59.8 Å². The number of nitrogens with zero attached hydrogens (tertiary/aromatic N) is 3. The van der Waals surface area contributed by atoms with Gasteiger partial charge < -0.3 is 9.88 Å². The van der Waals surface area contributed by atoms with Gasteiger partial charge in [-0.3, -0.25) is 4.79 Å². The fourth-order valence-electron chi connectivity index (χ4n) is 2.77. The SMILES string of the molecule is O=C(CSc1ccc(F)cc1)NCCc1nnc2n1CCCCC2. The van der Waals surface area contributed by atoms with E-state index in [1.54, 1.807) is 12.1 Å². The molecule has 0 fully saturated rings. The molecule has 24 heavy (non-hydrogen) atoms. The Balaban J connectivity index is 1.42. The summed E-state index contributed by atoms with van der Waals surface area (Å²) in [7, 11) is 0. The first-order chi connectivity index (χ1) is 11.7. The number of aryl methyl sites for hydroxylation is 1. The first-order valence-corrected chi connectivity index (χ1v) is 9.27. The average molecular weight is 348 g/mol. The second-order valence-electron chi connectivity index (χ2n) is 5.84. The van der Waals surface area contributed by atoms with Crippen LogP contribution in [0.15, 0.2) is 29.2 Å². The number of nitrogens with one attached hydrogen (secondary N) is 1. The van der Waals surface area contributed by atoms with Gasteiger partial charge >= 0.3 is 0 Å². The Morgan fingerprint density at radius 3 is 2.88 bits per heavy atom. The molecule has 7 heteroatoms. The first-order valence-electron chi connectivity index (χ1n) is 8.28. The molecule has 1 amide bonds. The summed E-state index contributed by atoms with van der Waals surface area (Å²) in [6.07, 6.45) is 5.27. The minimum Gasteiger partial charge on any atom is -0.355 e. The number of thioether (sulfide) groups is 1. The summed E-state index contributed by atoms with van der Waals surface area (Å²) >= 11 is 1.40. The molecule has 0 aliphatic carbocycles. The highest BCUT2D eigenvalue weighted by Crippen LogP contribution is 2.17. The van der Waals surface area contributed by atoms with Gasteiger partial charge in [0.2, 0.25) is 5.91 Å². The highest BCUT2D eigenvalue weighted by atomic mass is 32.2. The van der Waals surface area contributed by atoms with E-state index in [1.165, 1.54) is 43.2 Å². The molecule has 1 aliphatic heterocycles. The molecule has 128 valence electrons. The summed E-state index contributed by atoms with van der Waals surface area (Å²) in [5.74, 6) is 2.05. The summed E-state index contributed by atoms with van der Waals surface area (Å²) < 4.78 is 15.0. The van der Waals surface area contributed by atoms with Crippen molar-refractivity contribution in [1.29, 1.82) is 0 Å². The number of carbonyl (C=O) groups excluding carboxylic acids is 1. The summed E-state index contributed by atoms with van der Waals surface area (Å²) in [6, 6.07) is 6.16. The molecule has 0 radical (unpaired) electrons. The number of rotatable bonds is 6. The van der Waals surface area contributed by atoms with Crippen LogP contribution in [-0.2, 0) is 24.2 Å². The van der Waals surface area contributed by atoms with Crippen molar-refractivity contribution in [2.75, 3.05) is 12.3 Å². The molecule has 1 N–H and O–H groups in total. The van der Waals surface area contributed by atoms with Gasteiger partial charge in [0.15, 0.2) is 0 Å². The number of halogens is 1. The van der Waals surface area contributed by atoms with E-state index in [9.17, 15) is 9.18 Å². The molecule has 0 saturated heterocycles. The van der Waals surface area contributed by atoms with Crippen LogP contribution in [0.25, 0.3) is 0 Å². The molecule has 0 saturated carbocycles. The van der Waals surface area contributed by atoms with E-state index in [4.69, 9.17) is 0 Å². The maximum absolute atomic E-state index is 12.8. The summed E-state index contributed by atoms with van der Waals surface area (Å²) in [5.41, 5.74) is 0. The highest BCUT2D eigenvalue weighted by molar-refractivity contribution is 8.00. The quantitative estimate of drug-likeness (QED) is 0.815. The first kappa shape index (κ1) is 17.0. The summed E-state index contributed by atoms with van der Waals surface area (Å²) in [6.45, 7) is 1.53. The van der Waals surface area contributed by atoms with E-state index in [0.717, 1.165) is 29.5 Å². The molecule has 1 aliphatic rings. The van der Waals surface area contributed by atoms with Crippen LogP contribution in [0.2, 0.25) is 0 Å². The summed E-state index contributed by atoms with van der Waals surface area (Å²) in [5, 5.41) is 11.4. The standard InChI is InChI=1S/C17H21FN4OS/c18-13-5-7-14(8-6-13)24-12-17(23)19-10-9-16-21-20-15-4-2-1-3-11-22(15)16/h5-8H,1-4,9-12H2,(H,19,23). The second-order valence-corrected chi connectivity index (χ2v) is 6.89. The highest BCUT2D eigenvalue weighted by Gasteiger charge is 2.14. The van der Waals surface area contributed by atoms with Gasteiger partial charge in [-0.1, -0.05) is 6.42 Å². The van der Waals surface area contributed by atoms with Crippen molar-refractivity contribution in [3.63, 3.8) is 0 Å². The Morgan fingerprint density at radius 1 is 1.21 bits per heavy atom. The molecule has 0 atom stereocenters. The minimum absolute atomic E-state index is 0.0278. The van der Waals surface area contributed by atoms with Gasteiger partial charge in [0.25, 0.3) is 0 Å². The molecule has 2 aromatic rings. The fraction of sp³-hybridized carbons (Fsp3) is 0.471. The lowest BCUT2D eigenvalue weighted by Crippen LogP contribution is -2.28. The van der Waals surface area contributed by atoms with E-state index in [1.807, 2.05) is 0 Å². The average Bonchev–Trinajstić information content (AvgIpc) is 2.81. The number of fused-ring (bicyclic) bond motifs is 1. The minimum atomic E-state index is -0.267. The smallest absolute Gasteiger partial charge is 0.230 e. The van der Waals surface area contributed by atoms with Crippen LogP contribution in [0, 0.1) is 5.82 Å². The van der Waals surface area contributed by atoms with Crippen molar-refractivity contribution in [3.05, 3.63) is 41.7 Å². The Morgan fingerprint density at radius 2 is 2.04 bits per heavy atom. The van der Waals surface area contributed by atoms with Crippen molar-refractivity contribution < 1.29 is 9.18 Å². The number of hydrogen-bond acceptors (Lipinski definition) is 4. The van der Waals surface area contributed by atoms with Crippen LogP contribution < -0.4 is 5.32 Å². The van der Waals surface area contributed by atoms with Gasteiger partial charge in [-0.05, 0) is 37.1 Å². The van der Waals surface area contributed by atoms with E-state index < -0.39 is 0 Å². The number of amides is 1. The maximum atomic E-state index is 12.8. The van der Waals surface area contributed by atoms with Crippen LogP contribution in [-0.4, -0.2) is 33.0 Å². The Kier molecular flexibility index (Phi) is 5.85. The monoisotopic (exact) mass is 348 g/mol. The molecular weight excluding hydrogens is 327 g/mol. The lowest BCUT2D eigenvalue weighted by atomic mass is 10.2. The number of carbonyl (C=O) groups is 1. The molecule has 3 rings (SSSR count). The van der Waals surface area contributed by atoms with Crippen molar-refractivity contribution >= 4 is 17.7 Å². The molecule has 0 bridgehead atoms. The zero-order chi connectivity index (χ0) is 16.8. The van der Waals surface area contributed by atoms with Crippen LogP contribution in [0.1, 0.15) is 30.9 Å². The van der Waals surface area contributed by atoms with E-state index in [2.05, 4.69) is 20.1 Å². The van der Waals surface area contributed by atoms with Crippen LogP contribution in [0.5, 0.6) is 0 Å². The van der Waals surface area contributed by atoms with Gasteiger partial charge in [0, 0.05) is 30.8 Å². The number of aromatic nitrogens is 3. The van der Waals surface area contributed by atoms with Crippen molar-refractivity contribution in [3.8, 4) is 0 Å². The summed E-state index contributed by atoms with van der Waals surface area (Å²) in [4.78, 5) is 12.8. The molecule has 0 unspecified atom stereocenters. The predicted octanol–water partition coefficient (Wildman–Crippen LogP) is 2.59. The van der Waals surface area contributed by atoms with Crippen molar-refractivity contribution in [2.45, 2.75) is 43.5 Å². The van der Waals surface area contributed by atoms with E-state index in [0.29, 0.717) is 18.7 Å². The predicted molar refractivity (Wildman–Crippen MR) is 91.4 cm³/mol. The third kappa shape index (κ3) is 4.56. The largest absolute Gasteiger partial charge is 0.355 e.